The Balaban J connectivity index is 1.57. The van der Waals surface area contributed by atoms with Crippen LogP contribution < -0.4 is 5.46 Å². The van der Waals surface area contributed by atoms with Gasteiger partial charge < -0.3 is 14.2 Å². The van der Waals surface area contributed by atoms with Gasteiger partial charge in [-0.1, -0.05) is 0 Å². The first-order chi connectivity index (χ1) is 12.0. The van der Waals surface area contributed by atoms with E-state index in [1.807, 2.05) is 44.8 Å². The third-order valence-electron chi connectivity index (χ3n) is 5.86. The Morgan fingerprint density at radius 2 is 1.77 bits per heavy atom. The Kier molecular flexibility index (Phi) is 5.29. The van der Waals surface area contributed by atoms with Crippen molar-refractivity contribution in [2.24, 2.45) is 0 Å². The second-order valence-corrected chi connectivity index (χ2v) is 10.8. The summed E-state index contributed by atoms with van der Waals surface area (Å²) in [6.45, 7) is 10.6. The molecule has 0 bridgehead atoms. The molecule has 26 heavy (non-hydrogen) atoms. The molecule has 0 unspecified atom stereocenters. The van der Waals surface area contributed by atoms with Crippen LogP contribution in [0.3, 0.4) is 0 Å². The lowest BCUT2D eigenvalue weighted by molar-refractivity contribution is 0.00578. The lowest BCUT2D eigenvalue weighted by Crippen LogP contribution is -2.41. The highest BCUT2D eigenvalue weighted by molar-refractivity contribution is 7.90. The van der Waals surface area contributed by atoms with Crippen LogP contribution in [0.2, 0.25) is 0 Å². The molecule has 1 aromatic heterocycles. The van der Waals surface area contributed by atoms with E-state index < -0.39 is 9.84 Å². The minimum atomic E-state index is -2.90. The predicted octanol–water partition coefficient (Wildman–Crippen LogP) is 0.864. The highest BCUT2D eigenvalue weighted by Crippen LogP contribution is 2.36. The molecule has 0 spiro atoms. The standard InChI is InChI=1S/C17H30BN3O4S/c1-16(2)17(3,4)25-18(24-16)14-12-19-21(13-14)15-6-8-20(9-7-15)10-11-26(5,22)23/h12-13,15H,6-11H2,1-5H3. The van der Waals surface area contributed by atoms with E-state index in [0.717, 1.165) is 31.4 Å². The summed E-state index contributed by atoms with van der Waals surface area (Å²) in [5.74, 6) is 0.228. The molecule has 0 aliphatic carbocycles. The van der Waals surface area contributed by atoms with Crippen LogP contribution in [0.15, 0.2) is 12.4 Å². The molecule has 0 N–H and O–H groups in total. The summed E-state index contributed by atoms with van der Waals surface area (Å²) in [5, 5.41) is 4.53. The van der Waals surface area contributed by atoms with Crippen LogP contribution in [0.25, 0.3) is 0 Å². The van der Waals surface area contributed by atoms with Crippen molar-refractivity contribution in [2.45, 2.75) is 57.8 Å². The molecule has 2 aliphatic rings. The fourth-order valence-electron chi connectivity index (χ4n) is 3.36. The van der Waals surface area contributed by atoms with Crippen molar-refractivity contribution in [3.8, 4) is 0 Å². The number of nitrogens with zero attached hydrogens (tertiary/aromatic N) is 3. The zero-order chi connectivity index (χ0) is 19.2. The summed E-state index contributed by atoms with van der Waals surface area (Å²) in [5.41, 5.74) is 0.235. The highest BCUT2D eigenvalue weighted by atomic mass is 32.2. The molecule has 2 saturated heterocycles. The molecule has 9 heteroatoms. The molecule has 3 rings (SSSR count). The largest absolute Gasteiger partial charge is 0.498 e. The summed E-state index contributed by atoms with van der Waals surface area (Å²) in [4.78, 5) is 2.22. The minimum Gasteiger partial charge on any atom is -0.399 e. The quantitative estimate of drug-likeness (QED) is 0.703. The van der Waals surface area contributed by atoms with Gasteiger partial charge >= 0.3 is 7.12 Å². The van der Waals surface area contributed by atoms with Gasteiger partial charge in [0, 0.05) is 43.7 Å². The normalized spacial score (nSPS) is 24.3. The zero-order valence-corrected chi connectivity index (χ0v) is 17.3. The van der Waals surface area contributed by atoms with Gasteiger partial charge in [0.2, 0.25) is 0 Å². The van der Waals surface area contributed by atoms with Crippen molar-refractivity contribution >= 4 is 22.4 Å². The van der Waals surface area contributed by atoms with Crippen molar-refractivity contribution in [1.82, 2.24) is 14.7 Å². The van der Waals surface area contributed by atoms with Gasteiger partial charge in [-0.15, -0.1) is 0 Å². The predicted molar refractivity (Wildman–Crippen MR) is 102 cm³/mol. The molecule has 1 aromatic rings. The van der Waals surface area contributed by atoms with Crippen LogP contribution in [-0.4, -0.2) is 73.1 Å². The molecule has 0 saturated carbocycles. The van der Waals surface area contributed by atoms with Crippen molar-refractivity contribution < 1.29 is 17.7 Å². The van der Waals surface area contributed by atoms with Gasteiger partial charge in [-0.3, -0.25) is 4.68 Å². The fourth-order valence-corrected chi connectivity index (χ4v) is 3.95. The molecule has 0 amide bonds. The van der Waals surface area contributed by atoms with Gasteiger partial charge in [0.1, 0.15) is 9.84 Å². The minimum absolute atomic E-state index is 0.228. The van der Waals surface area contributed by atoms with Crippen LogP contribution in [0.4, 0.5) is 0 Å². The smallest absolute Gasteiger partial charge is 0.399 e. The Bertz CT molecular complexity index is 723. The Morgan fingerprint density at radius 3 is 2.31 bits per heavy atom. The van der Waals surface area contributed by atoms with Gasteiger partial charge in [0.05, 0.1) is 23.0 Å². The molecule has 2 fully saturated rings. The third-order valence-corrected chi connectivity index (χ3v) is 6.78. The molecule has 2 aliphatic heterocycles. The van der Waals surface area contributed by atoms with E-state index in [9.17, 15) is 8.42 Å². The summed E-state index contributed by atoms with van der Waals surface area (Å²) < 4.78 is 36.8. The Morgan fingerprint density at radius 1 is 1.19 bits per heavy atom. The van der Waals surface area contributed by atoms with Gasteiger partial charge in [-0.2, -0.15) is 5.10 Å². The third kappa shape index (κ3) is 4.32. The van der Waals surface area contributed by atoms with Gasteiger partial charge in [-0.25, -0.2) is 8.42 Å². The first-order valence-electron chi connectivity index (χ1n) is 9.27. The first kappa shape index (κ1) is 19.9. The number of likely N-dealkylation sites (tertiary alicyclic amines) is 1. The number of piperidine rings is 1. The molecule has 0 aromatic carbocycles. The summed E-state index contributed by atoms with van der Waals surface area (Å²) in [6.07, 6.45) is 7.08. The number of hydrogen-bond donors (Lipinski definition) is 0. The van der Waals surface area contributed by atoms with Crippen molar-refractivity contribution in [2.75, 3.05) is 31.6 Å². The van der Waals surface area contributed by atoms with E-state index in [1.54, 1.807) is 0 Å². The maximum atomic E-state index is 11.3. The lowest BCUT2D eigenvalue weighted by Gasteiger charge is -2.32. The van der Waals surface area contributed by atoms with Gasteiger partial charge in [0.15, 0.2) is 0 Å². The van der Waals surface area contributed by atoms with Gasteiger partial charge in [0.25, 0.3) is 0 Å². The first-order valence-corrected chi connectivity index (χ1v) is 11.3. The maximum absolute atomic E-state index is 11.3. The van der Waals surface area contributed by atoms with Crippen molar-refractivity contribution in [1.29, 1.82) is 0 Å². The maximum Gasteiger partial charge on any atom is 0.498 e. The second-order valence-electron chi connectivity index (χ2n) is 8.54. The van der Waals surface area contributed by atoms with Crippen LogP contribution in [0, 0.1) is 0 Å². The Hall–Kier alpha value is -0.895. The molecule has 0 atom stereocenters. The second kappa shape index (κ2) is 6.93. The van der Waals surface area contributed by atoms with Crippen LogP contribution in [0.1, 0.15) is 46.6 Å². The van der Waals surface area contributed by atoms with Crippen molar-refractivity contribution in [3.63, 3.8) is 0 Å². The average Bonchev–Trinajstić information content (AvgIpc) is 3.08. The Labute approximate surface area is 157 Å². The van der Waals surface area contributed by atoms with Gasteiger partial charge in [-0.05, 0) is 40.5 Å². The van der Waals surface area contributed by atoms with E-state index in [-0.39, 0.29) is 24.1 Å². The summed E-state index contributed by atoms with van der Waals surface area (Å²) in [6, 6.07) is 0.334. The van der Waals surface area contributed by atoms with E-state index in [4.69, 9.17) is 9.31 Å². The topological polar surface area (TPSA) is 73.7 Å². The zero-order valence-electron chi connectivity index (χ0n) is 16.4. The van der Waals surface area contributed by atoms with Crippen molar-refractivity contribution in [3.05, 3.63) is 12.4 Å². The lowest BCUT2D eigenvalue weighted by atomic mass is 9.82. The molecule has 7 nitrogen and oxygen atoms in total. The number of hydrogen-bond acceptors (Lipinski definition) is 6. The summed E-state index contributed by atoms with van der Waals surface area (Å²) in [7, 11) is -3.29. The van der Waals surface area contributed by atoms with E-state index in [0.29, 0.717) is 12.6 Å². The number of sulfone groups is 1. The molecular formula is C17H30BN3O4S. The molecule has 146 valence electrons. The molecule has 0 radical (unpaired) electrons. The van der Waals surface area contributed by atoms with E-state index in [1.165, 1.54) is 6.26 Å². The van der Waals surface area contributed by atoms with Crippen LogP contribution in [-0.2, 0) is 19.1 Å². The summed E-state index contributed by atoms with van der Waals surface area (Å²) >= 11 is 0. The SMILES string of the molecule is CC1(C)OB(c2cnn(C3CCN(CCS(C)(=O)=O)CC3)c2)OC1(C)C. The fraction of sp³-hybridized carbons (Fsp3) is 0.824. The van der Waals surface area contributed by atoms with Crippen LogP contribution in [0.5, 0.6) is 0 Å². The van der Waals surface area contributed by atoms with E-state index in [2.05, 4.69) is 10.00 Å². The molecular weight excluding hydrogens is 353 g/mol. The number of rotatable bonds is 5. The molecule has 3 heterocycles. The van der Waals surface area contributed by atoms with E-state index >= 15 is 0 Å². The number of aromatic nitrogens is 2. The highest BCUT2D eigenvalue weighted by Gasteiger charge is 2.52. The van der Waals surface area contributed by atoms with Crippen LogP contribution >= 0.6 is 0 Å². The monoisotopic (exact) mass is 383 g/mol. The average molecular weight is 383 g/mol.